The number of nitrogens with zero attached hydrogens (tertiary/aromatic N) is 2. The minimum Gasteiger partial charge on any atom is -0.475 e. The molecule has 0 unspecified atom stereocenters. The number of anilines is 1. The van der Waals surface area contributed by atoms with Gasteiger partial charge in [-0.3, -0.25) is 0 Å². The van der Waals surface area contributed by atoms with Gasteiger partial charge in [-0.05, 0) is 38.8 Å². The number of hydrogen-bond acceptors (Lipinski definition) is 4. The minimum atomic E-state index is -0.187. The zero-order valence-electron chi connectivity index (χ0n) is 12.6. The summed E-state index contributed by atoms with van der Waals surface area (Å²) < 4.78 is 19.1. The molecule has 1 aromatic carbocycles. The van der Waals surface area contributed by atoms with E-state index in [0.717, 1.165) is 5.69 Å². The molecule has 0 spiro atoms. The van der Waals surface area contributed by atoms with E-state index in [2.05, 4.69) is 15.3 Å². The molecule has 0 fully saturated rings. The van der Waals surface area contributed by atoms with Gasteiger partial charge in [0.15, 0.2) is 0 Å². The monoisotopic (exact) mass is 289 g/mol. The Bertz CT molecular complexity index is 602. The van der Waals surface area contributed by atoms with Crippen LogP contribution in [0.2, 0.25) is 0 Å². The van der Waals surface area contributed by atoms with E-state index in [1.165, 1.54) is 6.07 Å². The molecular weight excluding hydrogens is 269 g/mol. The van der Waals surface area contributed by atoms with E-state index >= 15 is 0 Å². The van der Waals surface area contributed by atoms with E-state index in [4.69, 9.17) is 4.74 Å². The second-order valence-corrected chi connectivity index (χ2v) is 5.11. The summed E-state index contributed by atoms with van der Waals surface area (Å²) in [5, 5.41) is 3.11. The maximum Gasteiger partial charge on any atom is 0.226 e. The molecule has 0 aliphatic rings. The van der Waals surface area contributed by atoms with Gasteiger partial charge < -0.3 is 10.1 Å². The fourth-order valence-corrected chi connectivity index (χ4v) is 1.93. The van der Waals surface area contributed by atoms with E-state index < -0.39 is 0 Å². The lowest BCUT2D eigenvalue weighted by Gasteiger charge is -2.11. The number of halogens is 1. The third-order valence-electron chi connectivity index (χ3n) is 2.82. The molecule has 0 saturated heterocycles. The molecular formula is C16H20FN3O. The van der Waals surface area contributed by atoms with Crippen LogP contribution in [0.25, 0.3) is 0 Å². The number of aromatic nitrogens is 2. The van der Waals surface area contributed by atoms with Crippen LogP contribution in [0.3, 0.4) is 0 Å². The molecule has 112 valence electrons. The predicted octanol–water partition coefficient (Wildman–Crippen LogP) is 3.37. The fourth-order valence-electron chi connectivity index (χ4n) is 1.93. The van der Waals surface area contributed by atoms with Crippen molar-refractivity contribution in [2.45, 2.75) is 33.3 Å². The van der Waals surface area contributed by atoms with E-state index in [1.54, 1.807) is 18.2 Å². The SMILES string of the molecule is Cc1cc(OC(C)C)nc(NCCc2ccccc2F)n1. The van der Waals surface area contributed by atoms with Gasteiger partial charge in [-0.1, -0.05) is 18.2 Å². The molecule has 5 heteroatoms. The van der Waals surface area contributed by atoms with E-state index in [-0.39, 0.29) is 11.9 Å². The highest BCUT2D eigenvalue weighted by Gasteiger charge is 2.05. The van der Waals surface area contributed by atoms with Crippen molar-refractivity contribution in [1.29, 1.82) is 0 Å². The van der Waals surface area contributed by atoms with Crippen molar-refractivity contribution in [3.63, 3.8) is 0 Å². The third-order valence-corrected chi connectivity index (χ3v) is 2.82. The lowest BCUT2D eigenvalue weighted by atomic mass is 10.1. The van der Waals surface area contributed by atoms with Crippen molar-refractivity contribution in [3.8, 4) is 5.88 Å². The standard InChI is InChI=1S/C16H20FN3O/c1-11(2)21-15-10-12(3)19-16(20-15)18-9-8-13-6-4-5-7-14(13)17/h4-7,10-11H,8-9H2,1-3H3,(H,18,19,20). The Morgan fingerprint density at radius 3 is 2.71 bits per heavy atom. The first kappa shape index (κ1) is 15.2. The normalized spacial score (nSPS) is 10.7. The van der Waals surface area contributed by atoms with Crippen LogP contribution in [0, 0.1) is 12.7 Å². The maximum atomic E-state index is 13.5. The summed E-state index contributed by atoms with van der Waals surface area (Å²) in [4.78, 5) is 8.59. The Morgan fingerprint density at radius 2 is 2.00 bits per heavy atom. The van der Waals surface area contributed by atoms with Crippen molar-refractivity contribution in [2.24, 2.45) is 0 Å². The van der Waals surface area contributed by atoms with Gasteiger partial charge in [-0.15, -0.1) is 0 Å². The zero-order valence-corrected chi connectivity index (χ0v) is 12.6. The first-order valence-electron chi connectivity index (χ1n) is 7.04. The second kappa shape index (κ2) is 7.02. The van der Waals surface area contributed by atoms with Gasteiger partial charge in [0.25, 0.3) is 0 Å². The molecule has 0 radical (unpaired) electrons. The second-order valence-electron chi connectivity index (χ2n) is 5.11. The molecule has 1 N–H and O–H groups in total. The average Bonchev–Trinajstić information content (AvgIpc) is 2.39. The molecule has 0 bridgehead atoms. The molecule has 0 amide bonds. The number of nitrogens with one attached hydrogen (secondary N) is 1. The van der Waals surface area contributed by atoms with Crippen molar-refractivity contribution >= 4 is 5.95 Å². The summed E-state index contributed by atoms with van der Waals surface area (Å²) in [5.74, 6) is 0.862. The number of benzene rings is 1. The van der Waals surface area contributed by atoms with Crippen molar-refractivity contribution < 1.29 is 9.13 Å². The quantitative estimate of drug-likeness (QED) is 0.885. The largest absolute Gasteiger partial charge is 0.475 e. The highest BCUT2D eigenvalue weighted by Crippen LogP contribution is 2.14. The first-order chi connectivity index (χ1) is 10.0. The maximum absolute atomic E-state index is 13.5. The highest BCUT2D eigenvalue weighted by atomic mass is 19.1. The Morgan fingerprint density at radius 1 is 1.24 bits per heavy atom. The van der Waals surface area contributed by atoms with Crippen LogP contribution in [-0.4, -0.2) is 22.6 Å². The van der Waals surface area contributed by atoms with Gasteiger partial charge in [0.2, 0.25) is 11.8 Å². The lowest BCUT2D eigenvalue weighted by Crippen LogP contribution is -2.12. The third kappa shape index (κ3) is 4.70. The molecule has 21 heavy (non-hydrogen) atoms. The summed E-state index contributed by atoms with van der Waals surface area (Å²) in [5.41, 5.74) is 1.50. The molecule has 0 aliphatic heterocycles. The molecule has 2 aromatic rings. The minimum absolute atomic E-state index is 0.0607. The van der Waals surface area contributed by atoms with Crippen LogP contribution in [0.5, 0.6) is 5.88 Å². The first-order valence-corrected chi connectivity index (χ1v) is 7.04. The molecule has 0 atom stereocenters. The van der Waals surface area contributed by atoms with Gasteiger partial charge in [-0.2, -0.15) is 4.98 Å². The van der Waals surface area contributed by atoms with Crippen LogP contribution in [0.4, 0.5) is 10.3 Å². The summed E-state index contributed by atoms with van der Waals surface area (Å²) in [6.45, 7) is 6.34. The van der Waals surface area contributed by atoms with Crippen molar-refractivity contribution in [3.05, 3.63) is 47.4 Å². The van der Waals surface area contributed by atoms with Gasteiger partial charge in [0, 0.05) is 18.3 Å². The summed E-state index contributed by atoms with van der Waals surface area (Å²) in [6, 6.07) is 8.55. The summed E-state index contributed by atoms with van der Waals surface area (Å²) in [6.07, 6.45) is 0.634. The van der Waals surface area contributed by atoms with Crippen LogP contribution < -0.4 is 10.1 Å². The number of hydrogen-bond donors (Lipinski definition) is 1. The Labute approximate surface area is 124 Å². The summed E-state index contributed by atoms with van der Waals surface area (Å²) >= 11 is 0. The Hall–Kier alpha value is -2.17. The Kier molecular flexibility index (Phi) is 5.09. The van der Waals surface area contributed by atoms with Crippen molar-refractivity contribution in [2.75, 3.05) is 11.9 Å². The van der Waals surface area contributed by atoms with Crippen molar-refractivity contribution in [1.82, 2.24) is 9.97 Å². The van der Waals surface area contributed by atoms with Crippen LogP contribution in [0.15, 0.2) is 30.3 Å². The van der Waals surface area contributed by atoms with E-state index in [0.29, 0.717) is 30.4 Å². The fraction of sp³-hybridized carbons (Fsp3) is 0.375. The zero-order chi connectivity index (χ0) is 15.2. The molecule has 0 aliphatic carbocycles. The molecule has 0 saturated carbocycles. The van der Waals surface area contributed by atoms with Crippen LogP contribution in [0.1, 0.15) is 25.1 Å². The topological polar surface area (TPSA) is 47.0 Å². The molecule has 4 nitrogen and oxygen atoms in total. The van der Waals surface area contributed by atoms with Gasteiger partial charge in [0.1, 0.15) is 5.82 Å². The number of ether oxygens (including phenoxy) is 1. The van der Waals surface area contributed by atoms with Crippen LogP contribution >= 0.6 is 0 Å². The highest BCUT2D eigenvalue weighted by molar-refractivity contribution is 5.31. The predicted molar refractivity (Wildman–Crippen MR) is 81.1 cm³/mol. The Balaban J connectivity index is 1.97. The van der Waals surface area contributed by atoms with E-state index in [1.807, 2.05) is 26.8 Å². The lowest BCUT2D eigenvalue weighted by molar-refractivity contribution is 0.232. The van der Waals surface area contributed by atoms with E-state index in [9.17, 15) is 4.39 Å². The summed E-state index contributed by atoms with van der Waals surface area (Å²) in [7, 11) is 0. The van der Waals surface area contributed by atoms with Gasteiger partial charge in [0.05, 0.1) is 6.10 Å². The number of rotatable bonds is 6. The molecule has 2 rings (SSSR count). The van der Waals surface area contributed by atoms with Gasteiger partial charge >= 0.3 is 0 Å². The van der Waals surface area contributed by atoms with Gasteiger partial charge in [-0.25, -0.2) is 9.37 Å². The average molecular weight is 289 g/mol. The van der Waals surface area contributed by atoms with Crippen LogP contribution in [-0.2, 0) is 6.42 Å². The number of aryl methyl sites for hydroxylation is 1. The molecule has 1 heterocycles. The smallest absolute Gasteiger partial charge is 0.226 e. The molecule has 1 aromatic heterocycles.